The third-order valence-electron chi connectivity index (χ3n) is 3.98. The highest BCUT2D eigenvalue weighted by atomic mass is 35.5. The SMILES string of the molecule is C=CS(=O)NC1CCN(C(=O)CNc2cc(Cl)c(Cl)cc2C)CC1.CC. The van der Waals surface area contributed by atoms with Gasteiger partial charge in [-0.25, -0.2) is 8.93 Å². The number of carbonyl (C=O) groups excluding carboxylic acids is 1. The van der Waals surface area contributed by atoms with Gasteiger partial charge in [-0.2, -0.15) is 0 Å². The van der Waals surface area contributed by atoms with Gasteiger partial charge in [0.2, 0.25) is 5.91 Å². The van der Waals surface area contributed by atoms with Crippen molar-refractivity contribution < 1.29 is 9.00 Å². The number of aryl methyl sites for hydroxylation is 1. The van der Waals surface area contributed by atoms with E-state index in [2.05, 4.69) is 16.6 Å². The van der Waals surface area contributed by atoms with Crippen LogP contribution in [0.25, 0.3) is 0 Å². The quantitative estimate of drug-likeness (QED) is 0.728. The summed E-state index contributed by atoms with van der Waals surface area (Å²) in [6.45, 7) is 10.9. The topological polar surface area (TPSA) is 61.4 Å². The van der Waals surface area contributed by atoms with E-state index in [1.54, 1.807) is 12.1 Å². The maximum atomic E-state index is 12.3. The van der Waals surface area contributed by atoms with E-state index in [-0.39, 0.29) is 18.5 Å². The third-order valence-corrected chi connectivity index (χ3v) is 5.57. The highest BCUT2D eigenvalue weighted by Gasteiger charge is 2.23. The van der Waals surface area contributed by atoms with E-state index in [0.717, 1.165) is 24.1 Å². The first-order valence-corrected chi connectivity index (χ1v) is 10.6. The molecule has 0 radical (unpaired) electrons. The Morgan fingerprint density at radius 2 is 1.88 bits per heavy atom. The highest BCUT2D eigenvalue weighted by molar-refractivity contribution is 7.86. The predicted octanol–water partition coefficient (Wildman–Crippen LogP) is 4.13. The molecule has 1 aromatic carbocycles. The van der Waals surface area contributed by atoms with Gasteiger partial charge in [0.1, 0.15) is 11.0 Å². The monoisotopic (exact) mass is 419 g/mol. The standard InChI is InChI=1S/C16H21Cl2N3O2S.C2H6/c1-3-24(23)20-12-4-6-21(7-5-12)16(22)10-19-15-9-14(18)13(17)8-11(15)2;1-2/h3,8-9,12,19-20H,1,4-7,10H2,2H3;1-2H3. The van der Waals surface area contributed by atoms with Gasteiger partial charge < -0.3 is 10.2 Å². The number of carbonyl (C=O) groups is 1. The predicted molar refractivity (Wildman–Crippen MR) is 112 cm³/mol. The molecule has 2 rings (SSSR count). The molecular weight excluding hydrogens is 393 g/mol. The Balaban J connectivity index is 0.00000163. The minimum absolute atomic E-state index is 0.0313. The summed E-state index contributed by atoms with van der Waals surface area (Å²) in [4.78, 5) is 14.1. The minimum Gasteiger partial charge on any atom is -0.376 e. The van der Waals surface area contributed by atoms with Crippen molar-refractivity contribution in [1.29, 1.82) is 0 Å². The number of benzene rings is 1. The van der Waals surface area contributed by atoms with Gasteiger partial charge in [0.25, 0.3) is 0 Å². The van der Waals surface area contributed by atoms with Gasteiger partial charge in [0.05, 0.1) is 16.6 Å². The molecule has 2 N–H and O–H groups in total. The summed E-state index contributed by atoms with van der Waals surface area (Å²) in [6.07, 6.45) is 1.55. The van der Waals surface area contributed by atoms with Crippen LogP contribution in [0.3, 0.4) is 0 Å². The Hall–Kier alpha value is -1.08. The van der Waals surface area contributed by atoms with E-state index in [1.165, 1.54) is 5.41 Å². The summed E-state index contributed by atoms with van der Waals surface area (Å²) in [7, 11) is -1.21. The number of nitrogens with zero attached hydrogens (tertiary/aromatic N) is 1. The van der Waals surface area contributed by atoms with Gasteiger partial charge in [-0.1, -0.05) is 43.6 Å². The van der Waals surface area contributed by atoms with Crippen LogP contribution in [0, 0.1) is 6.92 Å². The second-order valence-electron chi connectivity index (χ2n) is 5.67. The summed E-state index contributed by atoms with van der Waals surface area (Å²) >= 11 is 12.0. The van der Waals surface area contributed by atoms with Crippen LogP contribution in [0.2, 0.25) is 10.0 Å². The average Bonchev–Trinajstić information content (AvgIpc) is 2.65. The zero-order valence-corrected chi connectivity index (χ0v) is 17.8. The lowest BCUT2D eigenvalue weighted by atomic mass is 10.1. The smallest absolute Gasteiger partial charge is 0.241 e. The molecule has 1 atom stereocenters. The number of piperidine rings is 1. The van der Waals surface area contributed by atoms with Crippen LogP contribution >= 0.6 is 23.2 Å². The lowest BCUT2D eigenvalue weighted by Gasteiger charge is -2.32. The van der Waals surface area contributed by atoms with Crippen molar-refractivity contribution in [3.05, 3.63) is 39.7 Å². The fraction of sp³-hybridized carbons (Fsp3) is 0.500. The molecule has 0 bridgehead atoms. The second kappa shape index (κ2) is 11.6. The van der Waals surface area contributed by atoms with E-state index in [1.807, 2.05) is 25.7 Å². The van der Waals surface area contributed by atoms with Crippen molar-refractivity contribution in [2.45, 2.75) is 39.7 Å². The summed E-state index contributed by atoms with van der Waals surface area (Å²) < 4.78 is 14.4. The first-order chi connectivity index (χ1) is 12.4. The van der Waals surface area contributed by atoms with Crippen LogP contribution in [0.4, 0.5) is 5.69 Å². The van der Waals surface area contributed by atoms with Gasteiger partial charge in [-0.3, -0.25) is 4.79 Å². The summed E-state index contributed by atoms with van der Waals surface area (Å²) in [5.41, 5.74) is 1.74. The van der Waals surface area contributed by atoms with E-state index in [9.17, 15) is 9.00 Å². The molecule has 26 heavy (non-hydrogen) atoms. The number of amides is 1. The molecule has 1 amide bonds. The Morgan fingerprint density at radius 3 is 2.46 bits per heavy atom. The summed E-state index contributed by atoms with van der Waals surface area (Å²) in [5.74, 6) is 0.0313. The molecule has 1 aliphatic rings. The molecule has 1 unspecified atom stereocenters. The van der Waals surface area contributed by atoms with Gasteiger partial charge in [0.15, 0.2) is 0 Å². The van der Waals surface area contributed by atoms with E-state index < -0.39 is 11.0 Å². The molecule has 146 valence electrons. The van der Waals surface area contributed by atoms with Crippen molar-refractivity contribution in [2.75, 3.05) is 25.0 Å². The number of hydrogen-bond acceptors (Lipinski definition) is 3. The number of nitrogens with one attached hydrogen (secondary N) is 2. The third kappa shape index (κ3) is 6.91. The molecule has 8 heteroatoms. The van der Waals surface area contributed by atoms with E-state index >= 15 is 0 Å². The van der Waals surface area contributed by atoms with Crippen molar-refractivity contribution >= 4 is 45.8 Å². The number of anilines is 1. The van der Waals surface area contributed by atoms with Gasteiger partial charge >= 0.3 is 0 Å². The average molecular weight is 420 g/mol. The van der Waals surface area contributed by atoms with E-state index in [4.69, 9.17) is 23.2 Å². The zero-order chi connectivity index (χ0) is 19.7. The van der Waals surface area contributed by atoms with Crippen molar-refractivity contribution in [1.82, 2.24) is 9.62 Å². The van der Waals surface area contributed by atoms with Crippen LogP contribution in [0.5, 0.6) is 0 Å². The van der Waals surface area contributed by atoms with Crippen LogP contribution in [-0.2, 0) is 15.8 Å². The lowest BCUT2D eigenvalue weighted by Crippen LogP contribution is -2.46. The number of rotatable bonds is 6. The summed E-state index contributed by atoms with van der Waals surface area (Å²) in [5, 5.41) is 5.45. The largest absolute Gasteiger partial charge is 0.376 e. The Labute approximate surface area is 168 Å². The molecule has 1 heterocycles. The van der Waals surface area contributed by atoms with Crippen molar-refractivity contribution in [2.24, 2.45) is 0 Å². The molecule has 1 aromatic rings. The molecule has 0 saturated carbocycles. The van der Waals surface area contributed by atoms with Crippen molar-refractivity contribution in [3.8, 4) is 0 Å². The van der Waals surface area contributed by atoms with Crippen molar-refractivity contribution in [3.63, 3.8) is 0 Å². The first-order valence-electron chi connectivity index (χ1n) is 8.67. The number of hydrogen-bond donors (Lipinski definition) is 2. The Morgan fingerprint density at radius 1 is 1.31 bits per heavy atom. The number of likely N-dealkylation sites (tertiary alicyclic amines) is 1. The van der Waals surface area contributed by atoms with Crippen LogP contribution in [0.1, 0.15) is 32.3 Å². The first kappa shape index (κ1) is 23.0. The Kier molecular flexibility index (Phi) is 10.2. The number of halogens is 2. The molecule has 0 spiro atoms. The van der Waals surface area contributed by atoms with Gasteiger partial charge in [0, 0.05) is 30.2 Å². The van der Waals surface area contributed by atoms with E-state index in [0.29, 0.717) is 23.1 Å². The second-order valence-corrected chi connectivity index (χ2v) is 7.65. The maximum absolute atomic E-state index is 12.3. The van der Waals surface area contributed by atoms with Gasteiger partial charge in [-0.15, -0.1) is 0 Å². The molecular formula is C18H27Cl2N3O2S. The zero-order valence-electron chi connectivity index (χ0n) is 15.5. The molecule has 1 aliphatic heterocycles. The molecule has 1 saturated heterocycles. The van der Waals surface area contributed by atoms with Crippen LogP contribution in [-0.4, -0.2) is 40.7 Å². The normalized spacial score (nSPS) is 15.7. The summed E-state index contributed by atoms with van der Waals surface area (Å²) in [6, 6.07) is 3.65. The highest BCUT2D eigenvalue weighted by Crippen LogP contribution is 2.28. The lowest BCUT2D eigenvalue weighted by molar-refractivity contribution is -0.130. The van der Waals surface area contributed by atoms with Crippen LogP contribution < -0.4 is 10.0 Å². The van der Waals surface area contributed by atoms with Crippen LogP contribution in [0.15, 0.2) is 24.1 Å². The molecule has 0 aliphatic carbocycles. The molecule has 0 aromatic heterocycles. The molecule has 5 nitrogen and oxygen atoms in total. The fourth-order valence-corrected chi connectivity index (χ4v) is 3.62. The maximum Gasteiger partial charge on any atom is 0.241 e. The van der Waals surface area contributed by atoms with Gasteiger partial charge in [-0.05, 0) is 37.5 Å². The Bertz CT molecular complexity index is 648. The molecule has 1 fully saturated rings. The minimum atomic E-state index is -1.21. The fourth-order valence-electron chi connectivity index (χ4n) is 2.58.